The average molecular weight is 280 g/mol. The summed E-state index contributed by atoms with van der Waals surface area (Å²) in [6.07, 6.45) is 1.24. The van der Waals surface area contributed by atoms with E-state index in [2.05, 4.69) is 5.10 Å². The zero-order chi connectivity index (χ0) is 14.9. The largest absolute Gasteiger partial charge is 0.382 e. The van der Waals surface area contributed by atoms with Gasteiger partial charge in [0.05, 0.1) is 11.4 Å². The van der Waals surface area contributed by atoms with E-state index in [4.69, 9.17) is 11.0 Å². The number of nitrogens with zero attached hydrogens (tertiary/aromatic N) is 3. The lowest BCUT2D eigenvalue weighted by Gasteiger charge is -2.05. The van der Waals surface area contributed by atoms with Gasteiger partial charge >= 0.3 is 0 Å². The van der Waals surface area contributed by atoms with E-state index in [-0.39, 0.29) is 17.1 Å². The Morgan fingerprint density at radius 2 is 1.90 bits per heavy atom. The van der Waals surface area contributed by atoms with Gasteiger partial charge in [0, 0.05) is 12.1 Å². The van der Waals surface area contributed by atoms with E-state index in [1.54, 1.807) is 0 Å². The molecule has 1 aromatic carbocycles. The molecule has 104 valence electrons. The van der Waals surface area contributed by atoms with Crippen LogP contribution >= 0.6 is 0 Å². The Morgan fingerprint density at radius 1 is 1.30 bits per heavy atom. The first-order valence-corrected chi connectivity index (χ1v) is 5.92. The van der Waals surface area contributed by atoms with Crippen LogP contribution in [0.3, 0.4) is 0 Å². The highest BCUT2D eigenvalue weighted by molar-refractivity contribution is 5.56. The maximum atomic E-state index is 13.2. The number of nitrogen functional groups attached to an aromatic ring is 1. The van der Waals surface area contributed by atoms with Gasteiger partial charge in [0.15, 0.2) is 17.5 Å². The van der Waals surface area contributed by atoms with Gasteiger partial charge in [-0.3, -0.25) is 0 Å². The van der Waals surface area contributed by atoms with Crippen LogP contribution in [0.5, 0.6) is 0 Å². The molecule has 7 heteroatoms. The van der Waals surface area contributed by atoms with Gasteiger partial charge in [0.1, 0.15) is 17.5 Å². The van der Waals surface area contributed by atoms with E-state index in [0.29, 0.717) is 12.1 Å². The lowest BCUT2D eigenvalue weighted by molar-refractivity contribution is 0.446. The molecule has 20 heavy (non-hydrogen) atoms. The van der Waals surface area contributed by atoms with Crippen LogP contribution in [0.25, 0.3) is 5.69 Å². The summed E-state index contributed by atoms with van der Waals surface area (Å²) in [5, 5.41) is 13.1. The molecule has 0 bridgehead atoms. The minimum atomic E-state index is -1.56. The van der Waals surface area contributed by atoms with Gasteiger partial charge in [-0.1, -0.05) is 13.3 Å². The number of rotatable bonds is 3. The molecule has 0 unspecified atom stereocenters. The van der Waals surface area contributed by atoms with Crippen LogP contribution in [-0.2, 0) is 6.42 Å². The van der Waals surface area contributed by atoms with Crippen molar-refractivity contribution < 1.29 is 13.2 Å². The third-order valence-corrected chi connectivity index (χ3v) is 2.81. The molecule has 4 nitrogen and oxygen atoms in total. The molecule has 0 aliphatic rings. The van der Waals surface area contributed by atoms with Gasteiger partial charge < -0.3 is 5.73 Å². The van der Waals surface area contributed by atoms with Crippen LogP contribution in [0.1, 0.15) is 24.6 Å². The molecule has 0 amide bonds. The molecule has 2 aromatic rings. The van der Waals surface area contributed by atoms with Crippen LogP contribution < -0.4 is 5.73 Å². The number of anilines is 1. The molecule has 0 aliphatic carbocycles. The van der Waals surface area contributed by atoms with Crippen molar-refractivity contribution in [2.75, 3.05) is 5.73 Å². The smallest absolute Gasteiger partial charge is 0.194 e. The van der Waals surface area contributed by atoms with Crippen molar-refractivity contribution in [2.45, 2.75) is 19.8 Å². The van der Waals surface area contributed by atoms with Crippen molar-refractivity contribution in [1.82, 2.24) is 9.78 Å². The Bertz CT molecular complexity index is 677. The van der Waals surface area contributed by atoms with E-state index in [1.807, 2.05) is 13.0 Å². The summed E-state index contributed by atoms with van der Waals surface area (Å²) in [6, 6.07) is 3.46. The predicted octanol–water partition coefficient (Wildman–Crippen LogP) is 2.70. The second-order valence-electron chi connectivity index (χ2n) is 4.20. The molecule has 0 saturated heterocycles. The number of aryl methyl sites for hydroxylation is 1. The third kappa shape index (κ3) is 2.20. The molecule has 0 saturated carbocycles. The van der Waals surface area contributed by atoms with Gasteiger partial charge in [-0.2, -0.15) is 10.4 Å². The van der Waals surface area contributed by atoms with Crippen molar-refractivity contribution in [3.63, 3.8) is 0 Å². The van der Waals surface area contributed by atoms with Crippen molar-refractivity contribution in [3.05, 3.63) is 40.8 Å². The summed E-state index contributed by atoms with van der Waals surface area (Å²) < 4.78 is 40.4. The van der Waals surface area contributed by atoms with E-state index in [1.165, 1.54) is 0 Å². The zero-order valence-corrected chi connectivity index (χ0v) is 10.6. The second kappa shape index (κ2) is 5.25. The van der Waals surface area contributed by atoms with Gasteiger partial charge in [0.25, 0.3) is 0 Å². The summed E-state index contributed by atoms with van der Waals surface area (Å²) in [6.45, 7) is 1.90. The number of halogens is 3. The predicted molar refractivity (Wildman–Crippen MR) is 66.6 cm³/mol. The first kappa shape index (κ1) is 13.9. The fraction of sp³-hybridized carbons (Fsp3) is 0.231. The first-order valence-electron chi connectivity index (χ1n) is 5.92. The Kier molecular flexibility index (Phi) is 3.66. The monoisotopic (exact) mass is 280 g/mol. The molecule has 2 N–H and O–H groups in total. The third-order valence-electron chi connectivity index (χ3n) is 2.81. The van der Waals surface area contributed by atoms with E-state index in [0.717, 1.165) is 23.2 Å². The Morgan fingerprint density at radius 3 is 2.40 bits per heavy atom. The second-order valence-corrected chi connectivity index (χ2v) is 4.20. The van der Waals surface area contributed by atoms with Gasteiger partial charge in [-0.05, 0) is 6.42 Å². The fourth-order valence-corrected chi connectivity index (χ4v) is 1.87. The van der Waals surface area contributed by atoms with Crippen LogP contribution in [-0.4, -0.2) is 9.78 Å². The Hall–Kier alpha value is -2.49. The number of hydrogen-bond donors (Lipinski definition) is 1. The van der Waals surface area contributed by atoms with Crippen molar-refractivity contribution in [3.8, 4) is 11.8 Å². The molecule has 0 aliphatic heterocycles. The van der Waals surface area contributed by atoms with E-state index >= 15 is 0 Å². The van der Waals surface area contributed by atoms with Crippen LogP contribution in [0.15, 0.2) is 12.1 Å². The van der Waals surface area contributed by atoms with Crippen molar-refractivity contribution >= 4 is 5.82 Å². The normalized spacial score (nSPS) is 10.6. The first-order chi connectivity index (χ1) is 9.49. The summed E-state index contributed by atoms with van der Waals surface area (Å²) in [5.74, 6) is -4.27. The highest BCUT2D eigenvalue weighted by atomic mass is 19.2. The topological polar surface area (TPSA) is 67.6 Å². The summed E-state index contributed by atoms with van der Waals surface area (Å²) in [7, 11) is 0. The number of benzene rings is 1. The SMILES string of the molecule is CCCc1nn(-c2cc(F)c(F)c(F)c2)c(N)c1C#N. The highest BCUT2D eigenvalue weighted by Gasteiger charge is 2.18. The quantitative estimate of drug-likeness (QED) is 0.879. The molecular formula is C13H11F3N4. The standard InChI is InChI=1S/C13H11F3N4/c1-2-3-11-8(6-17)13(18)20(19-11)7-4-9(14)12(16)10(15)5-7/h4-5H,2-3,18H2,1H3. The Labute approximate surface area is 113 Å². The lowest BCUT2D eigenvalue weighted by atomic mass is 10.2. The number of nitriles is 1. The molecule has 0 fully saturated rings. The summed E-state index contributed by atoms with van der Waals surface area (Å²) in [5.41, 5.74) is 6.29. The fourth-order valence-electron chi connectivity index (χ4n) is 1.87. The van der Waals surface area contributed by atoms with E-state index in [9.17, 15) is 13.2 Å². The zero-order valence-electron chi connectivity index (χ0n) is 10.6. The van der Waals surface area contributed by atoms with Gasteiger partial charge in [-0.15, -0.1) is 0 Å². The molecule has 1 heterocycles. The van der Waals surface area contributed by atoms with Crippen molar-refractivity contribution in [2.24, 2.45) is 0 Å². The minimum Gasteiger partial charge on any atom is -0.382 e. The van der Waals surface area contributed by atoms with Crippen molar-refractivity contribution in [1.29, 1.82) is 5.26 Å². The average Bonchev–Trinajstić information content (AvgIpc) is 2.72. The van der Waals surface area contributed by atoms with Crippen LogP contribution in [0, 0.1) is 28.8 Å². The number of aromatic nitrogens is 2. The number of nitrogens with two attached hydrogens (primary N) is 1. The maximum absolute atomic E-state index is 13.2. The number of hydrogen-bond acceptors (Lipinski definition) is 3. The van der Waals surface area contributed by atoms with Gasteiger partial charge in [-0.25, -0.2) is 17.9 Å². The summed E-state index contributed by atoms with van der Waals surface area (Å²) in [4.78, 5) is 0. The molecule has 1 aromatic heterocycles. The van der Waals surface area contributed by atoms with Gasteiger partial charge in [0.2, 0.25) is 0 Å². The highest BCUT2D eigenvalue weighted by Crippen LogP contribution is 2.23. The minimum absolute atomic E-state index is 0.0265. The summed E-state index contributed by atoms with van der Waals surface area (Å²) >= 11 is 0. The van der Waals surface area contributed by atoms with Crippen LogP contribution in [0.2, 0.25) is 0 Å². The van der Waals surface area contributed by atoms with Crippen LogP contribution in [0.4, 0.5) is 19.0 Å². The maximum Gasteiger partial charge on any atom is 0.194 e. The molecule has 2 rings (SSSR count). The molecule has 0 atom stereocenters. The molecule has 0 radical (unpaired) electrons. The molecule has 0 spiro atoms. The molecular weight excluding hydrogens is 269 g/mol. The Balaban J connectivity index is 2.62. The van der Waals surface area contributed by atoms with E-state index < -0.39 is 17.5 Å². The lowest BCUT2D eigenvalue weighted by Crippen LogP contribution is -2.05.